The molecule has 2 unspecified atom stereocenters. The zero-order valence-corrected chi connectivity index (χ0v) is 12.6. The molecule has 0 fully saturated rings. The fourth-order valence-corrected chi connectivity index (χ4v) is 1.40. The van der Waals surface area contributed by atoms with Crippen molar-refractivity contribution in [1.29, 1.82) is 0 Å². The summed E-state index contributed by atoms with van der Waals surface area (Å²) >= 11 is 0. The Morgan fingerprint density at radius 1 is 1.00 bits per heavy atom. The Hall–Kier alpha value is -0.0800. The third-order valence-corrected chi connectivity index (χ3v) is 3.35. The van der Waals surface area contributed by atoms with E-state index in [1.807, 2.05) is 0 Å². The molecule has 0 heterocycles. The second kappa shape index (κ2) is 6.02. The Morgan fingerprint density at radius 3 is 1.81 bits per heavy atom. The van der Waals surface area contributed by atoms with Crippen LogP contribution in [0.2, 0.25) is 0 Å². The summed E-state index contributed by atoms with van der Waals surface area (Å²) in [5.41, 5.74) is 0.425. The van der Waals surface area contributed by atoms with E-state index in [2.05, 4.69) is 66.0 Å². The van der Waals surface area contributed by atoms with E-state index in [4.69, 9.17) is 0 Å². The van der Waals surface area contributed by atoms with Crippen LogP contribution in [-0.4, -0.2) is 17.7 Å². The van der Waals surface area contributed by atoms with Gasteiger partial charge in [0.2, 0.25) is 0 Å². The molecule has 0 rings (SSSR count). The highest BCUT2D eigenvalue weighted by Crippen LogP contribution is 2.21. The summed E-state index contributed by atoms with van der Waals surface area (Å²) in [6.07, 6.45) is 2.67. The largest absolute Gasteiger partial charge is 0.299 e. The molecule has 0 aliphatic carbocycles. The number of nitrogens with one attached hydrogen (secondary N) is 2. The van der Waals surface area contributed by atoms with Gasteiger partial charge in [0.15, 0.2) is 0 Å². The van der Waals surface area contributed by atoms with Crippen LogP contribution in [-0.2, 0) is 0 Å². The van der Waals surface area contributed by atoms with Gasteiger partial charge in [0.25, 0.3) is 0 Å². The van der Waals surface area contributed by atoms with Crippen molar-refractivity contribution in [1.82, 2.24) is 10.6 Å². The van der Waals surface area contributed by atoms with Gasteiger partial charge in [-0.1, -0.05) is 34.6 Å². The summed E-state index contributed by atoms with van der Waals surface area (Å²) in [6.45, 7) is 18.1. The zero-order valence-electron chi connectivity index (χ0n) is 12.6. The van der Waals surface area contributed by atoms with Crippen LogP contribution in [0.5, 0.6) is 0 Å². The maximum atomic E-state index is 3.74. The minimum absolute atomic E-state index is 0.193. The Kier molecular flexibility index (Phi) is 5.99. The minimum Gasteiger partial charge on any atom is -0.299 e. The number of hydrogen-bond donors (Lipinski definition) is 2. The second-order valence-corrected chi connectivity index (χ2v) is 6.66. The molecule has 2 atom stereocenters. The Morgan fingerprint density at radius 2 is 1.50 bits per heavy atom. The predicted molar refractivity (Wildman–Crippen MR) is 73.6 cm³/mol. The first-order valence-corrected chi connectivity index (χ1v) is 6.66. The fourth-order valence-electron chi connectivity index (χ4n) is 1.40. The van der Waals surface area contributed by atoms with Gasteiger partial charge in [-0.15, -0.1) is 0 Å². The summed E-state index contributed by atoms with van der Waals surface area (Å²) < 4.78 is 0. The normalized spacial score (nSPS) is 17.2. The first kappa shape index (κ1) is 15.9. The molecule has 16 heavy (non-hydrogen) atoms. The van der Waals surface area contributed by atoms with E-state index >= 15 is 0 Å². The molecule has 2 nitrogen and oxygen atoms in total. The van der Waals surface area contributed by atoms with Crippen molar-refractivity contribution in [2.45, 2.75) is 86.0 Å². The van der Waals surface area contributed by atoms with E-state index < -0.39 is 0 Å². The lowest BCUT2D eigenvalue weighted by molar-refractivity contribution is 0.161. The number of rotatable bonds is 6. The molecular formula is C14H32N2. The highest BCUT2D eigenvalue weighted by molar-refractivity contribution is 4.87. The summed E-state index contributed by atoms with van der Waals surface area (Å²) in [6, 6.07) is 0.560. The monoisotopic (exact) mass is 228 g/mol. The van der Waals surface area contributed by atoms with Crippen LogP contribution in [0.15, 0.2) is 0 Å². The van der Waals surface area contributed by atoms with Crippen molar-refractivity contribution in [3.8, 4) is 0 Å². The maximum absolute atomic E-state index is 3.74. The molecule has 0 saturated heterocycles. The molecule has 0 aliphatic heterocycles. The summed E-state index contributed by atoms with van der Waals surface area (Å²) in [7, 11) is 0. The molecule has 0 aromatic heterocycles. The van der Waals surface area contributed by atoms with Gasteiger partial charge >= 0.3 is 0 Å². The van der Waals surface area contributed by atoms with Gasteiger partial charge in [-0.25, -0.2) is 0 Å². The third kappa shape index (κ3) is 5.86. The van der Waals surface area contributed by atoms with E-state index in [0.717, 1.165) is 6.42 Å². The summed E-state index contributed by atoms with van der Waals surface area (Å²) in [4.78, 5) is 0. The van der Waals surface area contributed by atoms with E-state index in [1.165, 1.54) is 6.42 Å². The average Bonchev–Trinajstić information content (AvgIpc) is 2.15. The van der Waals surface area contributed by atoms with Gasteiger partial charge in [0.05, 0.1) is 6.17 Å². The van der Waals surface area contributed by atoms with E-state index in [-0.39, 0.29) is 11.0 Å². The first-order valence-electron chi connectivity index (χ1n) is 6.66. The van der Waals surface area contributed by atoms with Crippen LogP contribution in [0.1, 0.15) is 68.2 Å². The number of hydrogen-bond acceptors (Lipinski definition) is 2. The van der Waals surface area contributed by atoms with E-state index in [0.29, 0.717) is 12.2 Å². The van der Waals surface area contributed by atoms with Crippen molar-refractivity contribution in [2.24, 2.45) is 5.41 Å². The molecule has 0 spiro atoms. The second-order valence-electron chi connectivity index (χ2n) is 6.66. The zero-order chi connectivity index (χ0) is 13.0. The molecule has 2 heteroatoms. The third-order valence-electron chi connectivity index (χ3n) is 3.35. The average molecular weight is 228 g/mol. The molecule has 0 aromatic rings. The highest BCUT2D eigenvalue weighted by Gasteiger charge is 2.29. The molecule has 0 radical (unpaired) electrons. The molecule has 2 N–H and O–H groups in total. The molecule has 0 aliphatic rings. The van der Waals surface area contributed by atoms with Gasteiger partial charge in [0.1, 0.15) is 0 Å². The van der Waals surface area contributed by atoms with Gasteiger partial charge in [-0.2, -0.15) is 0 Å². The quantitative estimate of drug-likeness (QED) is 0.680. The summed E-state index contributed by atoms with van der Waals surface area (Å²) in [5, 5.41) is 7.42. The van der Waals surface area contributed by atoms with Crippen LogP contribution in [0.25, 0.3) is 0 Å². The van der Waals surface area contributed by atoms with Gasteiger partial charge < -0.3 is 0 Å². The molecule has 0 amide bonds. The van der Waals surface area contributed by atoms with E-state index in [1.54, 1.807) is 0 Å². The SMILES string of the molecule is CCC(C)NC(NC(C)(C)CC)C(C)(C)C. The van der Waals surface area contributed by atoms with Gasteiger partial charge in [-0.05, 0) is 39.0 Å². The van der Waals surface area contributed by atoms with Crippen LogP contribution >= 0.6 is 0 Å². The van der Waals surface area contributed by atoms with Crippen molar-refractivity contribution in [2.75, 3.05) is 0 Å². The Balaban J connectivity index is 4.57. The molecular weight excluding hydrogens is 196 g/mol. The van der Waals surface area contributed by atoms with Crippen LogP contribution < -0.4 is 10.6 Å². The lowest BCUT2D eigenvalue weighted by Crippen LogP contribution is -2.59. The molecule has 0 aromatic carbocycles. The van der Waals surface area contributed by atoms with Crippen molar-refractivity contribution in [3.05, 3.63) is 0 Å². The standard InChI is InChI=1S/C14H32N2/c1-9-11(3)15-12(13(4,5)6)16-14(7,8)10-2/h11-12,15-16H,9-10H2,1-8H3. The van der Waals surface area contributed by atoms with E-state index in [9.17, 15) is 0 Å². The summed E-state index contributed by atoms with van der Waals surface area (Å²) in [5.74, 6) is 0. The lowest BCUT2D eigenvalue weighted by Gasteiger charge is -2.40. The first-order chi connectivity index (χ1) is 7.12. The minimum atomic E-state index is 0.193. The molecule has 0 saturated carbocycles. The van der Waals surface area contributed by atoms with Gasteiger partial charge in [0, 0.05) is 11.6 Å². The van der Waals surface area contributed by atoms with Crippen LogP contribution in [0, 0.1) is 5.41 Å². The van der Waals surface area contributed by atoms with Crippen molar-refractivity contribution in [3.63, 3.8) is 0 Å². The lowest BCUT2D eigenvalue weighted by atomic mass is 9.89. The van der Waals surface area contributed by atoms with Crippen molar-refractivity contribution < 1.29 is 0 Å². The molecule has 0 bridgehead atoms. The topological polar surface area (TPSA) is 24.1 Å². The van der Waals surface area contributed by atoms with Gasteiger partial charge in [-0.3, -0.25) is 10.6 Å². The van der Waals surface area contributed by atoms with Crippen molar-refractivity contribution >= 4 is 0 Å². The molecule has 98 valence electrons. The predicted octanol–water partition coefficient (Wildman–Crippen LogP) is 3.52. The smallest absolute Gasteiger partial charge is 0.0627 e. The Bertz CT molecular complexity index is 191. The maximum Gasteiger partial charge on any atom is 0.0627 e. The van der Waals surface area contributed by atoms with Crippen LogP contribution in [0.3, 0.4) is 0 Å². The fraction of sp³-hybridized carbons (Fsp3) is 1.00. The highest BCUT2D eigenvalue weighted by atomic mass is 15.2. The van der Waals surface area contributed by atoms with Crippen LogP contribution in [0.4, 0.5) is 0 Å². The Labute approximate surface area is 103 Å².